The Hall–Kier alpha value is -2.51. The van der Waals surface area contributed by atoms with Crippen molar-refractivity contribution in [1.29, 1.82) is 0 Å². The standard InChI is InChI=1S/C20H22BrN5O/c1-13(2)18(12-27)25-20-24-17(14-6-8-22-9-7-14)11-19(26-20)23-16-5-3-4-15(21)10-16/h3-11,13,18,27H,12H2,1-2H3,(H2,23,24,25,26)/t18-/m0/s1. The molecule has 0 saturated carbocycles. The van der Waals surface area contributed by atoms with Crippen molar-refractivity contribution in [3.8, 4) is 11.3 Å². The van der Waals surface area contributed by atoms with Crippen LogP contribution in [0.25, 0.3) is 11.3 Å². The lowest BCUT2D eigenvalue weighted by atomic mass is 10.1. The van der Waals surface area contributed by atoms with Gasteiger partial charge in [-0.1, -0.05) is 35.8 Å². The maximum Gasteiger partial charge on any atom is 0.225 e. The molecule has 2 heterocycles. The third kappa shape index (κ3) is 5.24. The summed E-state index contributed by atoms with van der Waals surface area (Å²) in [7, 11) is 0. The van der Waals surface area contributed by atoms with Crippen LogP contribution >= 0.6 is 15.9 Å². The highest BCUT2D eigenvalue weighted by atomic mass is 79.9. The Balaban J connectivity index is 1.97. The molecule has 0 amide bonds. The molecule has 0 aliphatic carbocycles. The third-order valence-electron chi connectivity index (χ3n) is 4.12. The predicted molar refractivity (Wildman–Crippen MR) is 112 cm³/mol. The fraction of sp³-hybridized carbons (Fsp3) is 0.250. The average Bonchev–Trinajstić information content (AvgIpc) is 2.66. The van der Waals surface area contributed by atoms with Gasteiger partial charge in [0.2, 0.25) is 5.95 Å². The molecule has 0 unspecified atom stereocenters. The number of halogens is 1. The molecule has 2 aromatic heterocycles. The molecule has 3 rings (SSSR count). The second-order valence-electron chi connectivity index (χ2n) is 6.51. The first kappa shape index (κ1) is 19.3. The zero-order valence-electron chi connectivity index (χ0n) is 15.2. The fourth-order valence-electron chi connectivity index (χ4n) is 2.55. The van der Waals surface area contributed by atoms with Crippen molar-refractivity contribution in [2.75, 3.05) is 17.2 Å². The largest absolute Gasteiger partial charge is 0.394 e. The second-order valence-corrected chi connectivity index (χ2v) is 7.43. The number of nitrogens with zero attached hydrogens (tertiary/aromatic N) is 3. The lowest BCUT2D eigenvalue weighted by molar-refractivity contribution is 0.248. The van der Waals surface area contributed by atoms with Crippen LogP contribution in [0, 0.1) is 5.92 Å². The molecule has 0 aliphatic heterocycles. The van der Waals surface area contributed by atoms with Gasteiger partial charge in [0, 0.05) is 34.2 Å². The number of pyridine rings is 1. The van der Waals surface area contributed by atoms with Crippen molar-refractivity contribution in [3.05, 3.63) is 59.3 Å². The molecular formula is C20H22BrN5O. The molecule has 1 aromatic carbocycles. The van der Waals surface area contributed by atoms with Gasteiger partial charge in [0.05, 0.1) is 18.3 Å². The lowest BCUT2D eigenvalue weighted by Gasteiger charge is -2.20. The van der Waals surface area contributed by atoms with Gasteiger partial charge in [0.1, 0.15) is 5.82 Å². The van der Waals surface area contributed by atoms with Gasteiger partial charge in [0.25, 0.3) is 0 Å². The molecule has 3 N–H and O–H groups in total. The van der Waals surface area contributed by atoms with Crippen molar-refractivity contribution in [2.24, 2.45) is 5.92 Å². The zero-order valence-corrected chi connectivity index (χ0v) is 16.8. The Morgan fingerprint density at radius 2 is 1.85 bits per heavy atom. The van der Waals surface area contributed by atoms with Crippen LogP contribution in [0.2, 0.25) is 0 Å². The van der Waals surface area contributed by atoms with Crippen molar-refractivity contribution in [1.82, 2.24) is 15.0 Å². The molecule has 0 bridgehead atoms. The topological polar surface area (TPSA) is 83.0 Å². The Bertz CT molecular complexity index is 889. The Morgan fingerprint density at radius 1 is 1.07 bits per heavy atom. The van der Waals surface area contributed by atoms with Crippen molar-refractivity contribution in [2.45, 2.75) is 19.9 Å². The summed E-state index contributed by atoms with van der Waals surface area (Å²) in [4.78, 5) is 13.3. The summed E-state index contributed by atoms with van der Waals surface area (Å²) in [6.45, 7) is 4.09. The molecule has 0 saturated heterocycles. The fourth-order valence-corrected chi connectivity index (χ4v) is 2.95. The molecule has 140 valence electrons. The van der Waals surface area contributed by atoms with Gasteiger partial charge in [0.15, 0.2) is 0 Å². The molecule has 0 fully saturated rings. The summed E-state index contributed by atoms with van der Waals surface area (Å²) >= 11 is 3.48. The molecule has 0 radical (unpaired) electrons. The number of rotatable bonds is 7. The number of nitrogens with one attached hydrogen (secondary N) is 2. The zero-order chi connectivity index (χ0) is 19.2. The lowest BCUT2D eigenvalue weighted by Crippen LogP contribution is -2.30. The average molecular weight is 428 g/mol. The van der Waals surface area contributed by atoms with Gasteiger partial charge in [-0.15, -0.1) is 0 Å². The van der Waals surface area contributed by atoms with E-state index in [1.165, 1.54) is 0 Å². The maximum atomic E-state index is 9.63. The number of hydrogen-bond donors (Lipinski definition) is 3. The van der Waals surface area contributed by atoms with Crippen LogP contribution in [0.3, 0.4) is 0 Å². The van der Waals surface area contributed by atoms with E-state index in [1.807, 2.05) is 56.3 Å². The smallest absolute Gasteiger partial charge is 0.225 e. The van der Waals surface area contributed by atoms with Gasteiger partial charge >= 0.3 is 0 Å². The van der Waals surface area contributed by atoms with Crippen LogP contribution in [0.5, 0.6) is 0 Å². The minimum absolute atomic E-state index is 0.00883. The third-order valence-corrected chi connectivity index (χ3v) is 4.61. The summed E-state index contributed by atoms with van der Waals surface area (Å²) < 4.78 is 0.981. The number of anilines is 3. The van der Waals surface area contributed by atoms with E-state index in [1.54, 1.807) is 12.4 Å². The SMILES string of the molecule is CC(C)[C@H](CO)Nc1nc(Nc2cccc(Br)c2)cc(-c2ccncc2)n1. The first-order chi connectivity index (χ1) is 13.0. The summed E-state index contributed by atoms with van der Waals surface area (Å²) in [6.07, 6.45) is 3.47. The van der Waals surface area contributed by atoms with Gasteiger partial charge in [-0.2, -0.15) is 4.98 Å². The number of aliphatic hydroxyl groups excluding tert-OH is 1. The van der Waals surface area contributed by atoms with Crippen LogP contribution in [-0.4, -0.2) is 32.7 Å². The minimum atomic E-state index is -0.128. The van der Waals surface area contributed by atoms with Crippen molar-refractivity contribution < 1.29 is 5.11 Å². The predicted octanol–water partition coefficient (Wildman–Crippen LogP) is 4.47. The van der Waals surface area contributed by atoms with E-state index in [-0.39, 0.29) is 18.6 Å². The molecular weight excluding hydrogens is 406 g/mol. The van der Waals surface area contributed by atoms with Crippen LogP contribution in [0.4, 0.5) is 17.5 Å². The highest BCUT2D eigenvalue weighted by Crippen LogP contribution is 2.25. The summed E-state index contributed by atoms with van der Waals surface area (Å²) in [5, 5.41) is 16.2. The summed E-state index contributed by atoms with van der Waals surface area (Å²) in [5.41, 5.74) is 2.63. The number of aromatic nitrogens is 3. The minimum Gasteiger partial charge on any atom is -0.394 e. The highest BCUT2D eigenvalue weighted by molar-refractivity contribution is 9.10. The first-order valence-corrected chi connectivity index (χ1v) is 9.54. The van der Waals surface area contributed by atoms with Crippen LogP contribution in [0.1, 0.15) is 13.8 Å². The highest BCUT2D eigenvalue weighted by Gasteiger charge is 2.15. The van der Waals surface area contributed by atoms with E-state index in [9.17, 15) is 5.11 Å². The monoisotopic (exact) mass is 427 g/mol. The molecule has 1 atom stereocenters. The van der Waals surface area contributed by atoms with Crippen molar-refractivity contribution in [3.63, 3.8) is 0 Å². The van der Waals surface area contributed by atoms with Crippen molar-refractivity contribution >= 4 is 33.4 Å². The van der Waals surface area contributed by atoms with E-state index in [0.717, 1.165) is 21.4 Å². The number of aliphatic hydroxyl groups is 1. The number of hydrogen-bond acceptors (Lipinski definition) is 6. The van der Waals surface area contributed by atoms with Gasteiger partial charge in [-0.3, -0.25) is 4.98 Å². The van der Waals surface area contributed by atoms with Gasteiger partial charge < -0.3 is 15.7 Å². The van der Waals surface area contributed by atoms with Crippen LogP contribution < -0.4 is 10.6 Å². The Morgan fingerprint density at radius 3 is 2.52 bits per heavy atom. The first-order valence-electron chi connectivity index (χ1n) is 8.74. The molecule has 3 aromatic rings. The second kappa shape index (κ2) is 8.92. The Kier molecular flexibility index (Phi) is 6.36. The molecule has 0 spiro atoms. The van der Waals surface area contributed by atoms with Gasteiger partial charge in [-0.05, 0) is 36.2 Å². The van der Waals surface area contributed by atoms with Crippen LogP contribution in [-0.2, 0) is 0 Å². The maximum absolute atomic E-state index is 9.63. The normalized spacial score (nSPS) is 12.0. The summed E-state index contributed by atoms with van der Waals surface area (Å²) in [6, 6.07) is 13.4. The molecule has 6 nitrogen and oxygen atoms in total. The quantitative estimate of drug-likeness (QED) is 0.515. The molecule has 0 aliphatic rings. The van der Waals surface area contributed by atoms with Crippen LogP contribution in [0.15, 0.2) is 59.3 Å². The number of benzene rings is 1. The van der Waals surface area contributed by atoms with E-state index in [0.29, 0.717) is 11.8 Å². The Labute approximate surface area is 167 Å². The summed E-state index contributed by atoms with van der Waals surface area (Å²) in [5.74, 6) is 1.37. The molecule has 7 heteroatoms. The van der Waals surface area contributed by atoms with Gasteiger partial charge in [-0.25, -0.2) is 4.98 Å². The van der Waals surface area contributed by atoms with E-state index < -0.39 is 0 Å². The molecule has 27 heavy (non-hydrogen) atoms. The van der Waals surface area contributed by atoms with E-state index >= 15 is 0 Å². The van der Waals surface area contributed by atoms with E-state index in [4.69, 9.17) is 0 Å². The van der Waals surface area contributed by atoms with E-state index in [2.05, 4.69) is 41.5 Å².